The van der Waals surface area contributed by atoms with Gasteiger partial charge in [0.05, 0.1) is 5.41 Å². The van der Waals surface area contributed by atoms with Crippen molar-refractivity contribution in [3.63, 3.8) is 0 Å². The van der Waals surface area contributed by atoms with Gasteiger partial charge in [0.1, 0.15) is 0 Å². The molecule has 0 heterocycles. The minimum absolute atomic E-state index is 0.108. The van der Waals surface area contributed by atoms with Gasteiger partial charge in [-0.3, -0.25) is 0 Å². The van der Waals surface area contributed by atoms with Crippen LogP contribution in [0.15, 0.2) is 301 Å². The zero-order chi connectivity index (χ0) is 53.3. The minimum atomic E-state index is -0.702. The van der Waals surface area contributed by atoms with Gasteiger partial charge in [-0.1, -0.05) is 283 Å². The van der Waals surface area contributed by atoms with Crippen LogP contribution in [0.25, 0.3) is 115 Å². The summed E-state index contributed by atoms with van der Waals surface area (Å²) in [6, 6.07) is 91.1. The standard InChI is InChI=1S/C80H49Br/c81-59-38-29-51(30-39-59)50-20-13-21-58(37-28-50)80(72-44-35-56-18-5-11-26-64(56)78(72)79-65-27-12-6-19-57(65)36-45-73(79)80)48-49(46-70-66-40-31-52-14-1-7-22-60(52)74(66)75-61-23-8-2-15-53(61)32-41-67(70)75)47-71-68-42-33-54-16-3-9-24-62(54)76(68)77-63-25-10-4-17-55(63)34-43-69(71)77/h1-48,58H. The molecule has 0 fully saturated rings. The van der Waals surface area contributed by atoms with Crippen molar-refractivity contribution < 1.29 is 0 Å². The first-order valence-electron chi connectivity index (χ1n) is 28.2. The summed E-state index contributed by atoms with van der Waals surface area (Å²) < 4.78 is 1.07. The van der Waals surface area contributed by atoms with Crippen LogP contribution in [-0.4, -0.2) is 0 Å². The molecule has 0 N–H and O–H groups in total. The van der Waals surface area contributed by atoms with E-state index < -0.39 is 5.41 Å². The van der Waals surface area contributed by atoms with Crippen LogP contribution < -0.4 is 0 Å². The molecule has 13 aromatic rings. The maximum absolute atomic E-state index is 3.71. The Balaban J connectivity index is 1.03. The highest BCUT2D eigenvalue weighted by molar-refractivity contribution is 9.10. The summed E-state index contributed by atoms with van der Waals surface area (Å²) in [6.45, 7) is 0. The second-order valence-electron chi connectivity index (χ2n) is 22.3. The third-order valence-corrected chi connectivity index (χ3v) is 18.7. The van der Waals surface area contributed by atoms with E-state index >= 15 is 0 Å². The number of halogens is 1. The van der Waals surface area contributed by atoms with Crippen molar-refractivity contribution >= 4 is 97.3 Å². The van der Waals surface area contributed by atoms with Crippen molar-refractivity contribution in [3.8, 4) is 33.4 Å². The van der Waals surface area contributed by atoms with Gasteiger partial charge in [0.2, 0.25) is 0 Å². The fraction of sp³-hybridized carbons (Fsp3) is 0.0250. The molecule has 0 radical (unpaired) electrons. The molecule has 81 heavy (non-hydrogen) atoms. The summed E-state index contributed by atoms with van der Waals surface area (Å²) in [5.74, 6) is -0.108. The van der Waals surface area contributed by atoms with E-state index in [1.807, 2.05) is 0 Å². The van der Waals surface area contributed by atoms with Gasteiger partial charge in [0.25, 0.3) is 0 Å². The Morgan fingerprint density at radius 1 is 0.346 bits per heavy atom. The molecule has 0 nitrogen and oxygen atoms in total. The second kappa shape index (κ2) is 17.9. The number of benzene rings is 13. The first-order chi connectivity index (χ1) is 40.1. The molecule has 17 rings (SSSR count). The van der Waals surface area contributed by atoms with Crippen LogP contribution in [-0.2, 0) is 5.41 Å². The SMILES string of the molecule is Brc1ccc(C2=CC=CC(C3(C=C(C=C4c5ccc6ccccc6c5-c5c4ccc4ccccc54)C=C4c5ccc6ccccc6c5-c5c4ccc4ccccc54)c4ccc5ccccc5c4-c4c3ccc3ccccc43)C=C2)cc1. The summed E-state index contributed by atoms with van der Waals surface area (Å²) in [5.41, 5.74) is 20.7. The van der Waals surface area contributed by atoms with Crippen molar-refractivity contribution in [2.24, 2.45) is 5.92 Å². The lowest BCUT2D eigenvalue weighted by atomic mass is 9.66. The minimum Gasteiger partial charge on any atom is -0.0760 e. The zero-order valence-corrected chi connectivity index (χ0v) is 45.8. The van der Waals surface area contributed by atoms with Crippen molar-refractivity contribution in [3.05, 3.63) is 340 Å². The average Bonchev–Trinajstić information content (AvgIpc) is 3.63. The van der Waals surface area contributed by atoms with Gasteiger partial charge in [-0.2, -0.15) is 0 Å². The lowest BCUT2D eigenvalue weighted by Gasteiger charge is -2.35. The van der Waals surface area contributed by atoms with Crippen LogP contribution in [0.3, 0.4) is 0 Å². The maximum atomic E-state index is 3.71. The summed E-state index contributed by atoms with van der Waals surface area (Å²) in [7, 11) is 0. The van der Waals surface area contributed by atoms with Gasteiger partial charge in [-0.15, -0.1) is 0 Å². The quantitative estimate of drug-likeness (QED) is 0.161. The van der Waals surface area contributed by atoms with Gasteiger partial charge in [0, 0.05) is 10.4 Å². The third kappa shape index (κ3) is 6.89. The molecule has 13 aromatic carbocycles. The van der Waals surface area contributed by atoms with Gasteiger partial charge >= 0.3 is 0 Å². The maximum Gasteiger partial charge on any atom is 0.0500 e. The molecule has 1 heteroatoms. The third-order valence-electron chi connectivity index (χ3n) is 18.2. The van der Waals surface area contributed by atoms with Crippen LogP contribution in [0, 0.1) is 5.92 Å². The molecule has 0 aliphatic heterocycles. The van der Waals surface area contributed by atoms with E-state index in [0.29, 0.717) is 0 Å². The lowest BCUT2D eigenvalue weighted by molar-refractivity contribution is 0.556. The predicted molar refractivity (Wildman–Crippen MR) is 348 cm³/mol. The van der Waals surface area contributed by atoms with Gasteiger partial charge in [0.15, 0.2) is 0 Å². The van der Waals surface area contributed by atoms with Crippen molar-refractivity contribution in [1.29, 1.82) is 0 Å². The molecule has 0 saturated carbocycles. The Morgan fingerprint density at radius 3 is 1.07 bits per heavy atom. The predicted octanol–water partition coefficient (Wildman–Crippen LogP) is 21.6. The molecule has 4 aliphatic carbocycles. The Bertz CT molecular complexity index is 4660. The summed E-state index contributed by atoms with van der Waals surface area (Å²) in [4.78, 5) is 0. The molecule has 0 bridgehead atoms. The molecule has 1 unspecified atom stereocenters. The molecule has 4 aliphatic rings. The highest BCUT2D eigenvalue weighted by atomic mass is 79.9. The van der Waals surface area contributed by atoms with Crippen molar-refractivity contribution in [2.75, 3.05) is 0 Å². The fourth-order valence-corrected chi connectivity index (χ4v) is 14.9. The molecule has 0 spiro atoms. The van der Waals surface area contributed by atoms with Crippen molar-refractivity contribution in [1.82, 2.24) is 0 Å². The van der Waals surface area contributed by atoms with Gasteiger partial charge < -0.3 is 0 Å². The van der Waals surface area contributed by atoms with Gasteiger partial charge in [-0.05, 0) is 184 Å². The molecule has 376 valence electrons. The van der Waals surface area contributed by atoms with Crippen LogP contribution in [0.5, 0.6) is 0 Å². The zero-order valence-electron chi connectivity index (χ0n) is 44.2. The number of rotatable bonds is 5. The molecular weight excluding hydrogens is 1040 g/mol. The van der Waals surface area contributed by atoms with E-state index in [0.717, 1.165) is 10.0 Å². The molecular formula is C80H49Br. The molecule has 0 amide bonds. The van der Waals surface area contributed by atoms with E-state index in [4.69, 9.17) is 0 Å². The Morgan fingerprint density at radius 2 is 0.691 bits per heavy atom. The Hall–Kier alpha value is -9.66. The highest BCUT2D eigenvalue weighted by Crippen LogP contribution is 2.60. The van der Waals surface area contributed by atoms with Crippen LogP contribution in [0.2, 0.25) is 0 Å². The van der Waals surface area contributed by atoms with Gasteiger partial charge in [-0.25, -0.2) is 0 Å². The van der Waals surface area contributed by atoms with E-state index in [9.17, 15) is 0 Å². The van der Waals surface area contributed by atoms with Crippen LogP contribution in [0.1, 0.15) is 38.9 Å². The Labute approximate surface area is 479 Å². The fourth-order valence-electron chi connectivity index (χ4n) is 14.7. The largest absolute Gasteiger partial charge is 0.0760 e. The molecule has 1 atom stereocenters. The van der Waals surface area contributed by atoms with E-state index in [1.165, 1.54) is 154 Å². The van der Waals surface area contributed by atoms with Crippen LogP contribution >= 0.6 is 15.9 Å². The van der Waals surface area contributed by atoms with E-state index in [2.05, 4.69) is 307 Å². The number of hydrogen-bond donors (Lipinski definition) is 0. The monoisotopic (exact) mass is 1090 g/mol. The first kappa shape index (κ1) is 46.3. The normalized spacial score (nSPS) is 15.1. The smallest absolute Gasteiger partial charge is 0.0500 e. The van der Waals surface area contributed by atoms with Crippen molar-refractivity contribution in [2.45, 2.75) is 5.41 Å². The second-order valence-corrected chi connectivity index (χ2v) is 23.2. The number of fused-ring (bicyclic) bond motifs is 21. The summed E-state index contributed by atoms with van der Waals surface area (Å²) >= 11 is 3.71. The average molecular weight is 1090 g/mol. The molecule has 0 saturated heterocycles. The topological polar surface area (TPSA) is 0 Å². The Kier molecular flexibility index (Phi) is 10.2. The number of allylic oxidation sites excluding steroid dienone is 10. The number of hydrogen-bond acceptors (Lipinski definition) is 0. The van der Waals surface area contributed by atoms with E-state index in [1.54, 1.807) is 0 Å². The first-order valence-corrected chi connectivity index (χ1v) is 29.0. The highest BCUT2D eigenvalue weighted by Gasteiger charge is 2.47. The summed E-state index contributed by atoms with van der Waals surface area (Å²) in [6.07, 6.45) is 19.8. The summed E-state index contributed by atoms with van der Waals surface area (Å²) in [5, 5.41) is 15.1. The lowest BCUT2D eigenvalue weighted by Crippen LogP contribution is -2.31. The van der Waals surface area contributed by atoms with Crippen LogP contribution in [0.4, 0.5) is 0 Å². The molecule has 0 aromatic heterocycles. The van der Waals surface area contributed by atoms with E-state index in [-0.39, 0.29) is 5.92 Å².